The Morgan fingerprint density at radius 1 is 1.50 bits per heavy atom. The van der Waals surface area contributed by atoms with E-state index in [-0.39, 0.29) is 22.1 Å². The number of fused-ring (bicyclic) bond motifs is 1. The monoisotopic (exact) mass is 334 g/mol. The summed E-state index contributed by atoms with van der Waals surface area (Å²) in [7, 11) is -3.68. The van der Waals surface area contributed by atoms with Gasteiger partial charge in [-0.15, -0.1) is 23.1 Å². The summed E-state index contributed by atoms with van der Waals surface area (Å²) in [6.07, 6.45) is 0. The molecule has 112 valence electrons. The van der Waals surface area contributed by atoms with E-state index in [0.717, 1.165) is 15.5 Å². The third-order valence-corrected chi connectivity index (χ3v) is 7.10. The molecule has 2 N–H and O–H groups in total. The van der Waals surface area contributed by atoms with Crippen LogP contribution in [0.2, 0.25) is 0 Å². The lowest BCUT2D eigenvalue weighted by Gasteiger charge is -2.29. The third-order valence-electron chi connectivity index (χ3n) is 3.24. The molecule has 0 saturated heterocycles. The highest BCUT2D eigenvalue weighted by molar-refractivity contribution is 8.01. The van der Waals surface area contributed by atoms with Crippen LogP contribution in [0.4, 0.5) is 0 Å². The number of carbonyl (C=O) groups excluding carboxylic acids is 1. The van der Waals surface area contributed by atoms with Crippen LogP contribution >= 0.6 is 23.1 Å². The molecule has 2 heterocycles. The van der Waals surface area contributed by atoms with Crippen LogP contribution in [-0.2, 0) is 14.8 Å². The Morgan fingerprint density at radius 3 is 2.70 bits per heavy atom. The zero-order chi connectivity index (χ0) is 15.1. The molecule has 0 bridgehead atoms. The first-order valence-electron chi connectivity index (χ1n) is 6.31. The van der Waals surface area contributed by atoms with Crippen LogP contribution in [0, 0.1) is 5.92 Å². The highest BCUT2D eigenvalue weighted by atomic mass is 32.3. The number of hydrogen-bond donors (Lipinski definition) is 1. The number of primary sulfonamides is 1. The van der Waals surface area contributed by atoms with Crippen molar-refractivity contribution in [1.29, 1.82) is 0 Å². The first-order chi connectivity index (χ1) is 9.21. The summed E-state index contributed by atoms with van der Waals surface area (Å²) in [5, 5.41) is 5.19. The lowest BCUT2D eigenvalue weighted by Crippen LogP contribution is -2.37. The van der Waals surface area contributed by atoms with Gasteiger partial charge >= 0.3 is 0 Å². The number of thiophene rings is 1. The molecular formula is C12H18N2O3S3. The van der Waals surface area contributed by atoms with E-state index in [1.54, 1.807) is 17.8 Å². The standard InChI is InChI=1S/C12H18N2O3S3/c1-7(2)11(15)14-4-5-18-12-9(8(14)3)6-10(19-12)20(13,16)17/h6-8H,4-5H2,1-3H3,(H2,13,16,17). The maximum absolute atomic E-state index is 12.3. The number of carbonyl (C=O) groups is 1. The predicted octanol–water partition coefficient (Wildman–Crippen LogP) is 2.05. The zero-order valence-electron chi connectivity index (χ0n) is 11.6. The van der Waals surface area contributed by atoms with Crippen LogP contribution < -0.4 is 5.14 Å². The minimum absolute atomic E-state index is 0.0691. The molecule has 1 aromatic rings. The van der Waals surface area contributed by atoms with Gasteiger partial charge in [0.2, 0.25) is 15.9 Å². The van der Waals surface area contributed by atoms with Gasteiger partial charge in [0.25, 0.3) is 0 Å². The van der Waals surface area contributed by atoms with Crippen molar-refractivity contribution in [2.24, 2.45) is 11.1 Å². The van der Waals surface area contributed by atoms with Gasteiger partial charge in [0.05, 0.1) is 10.3 Å². The van der Waals surface area contributed by atoms with E-state index < -0.39 is 10.0 Å². The molecule has 0 aromatic carbocycles. The zero-order valence-corrected chi connectivity index (χ0v) is 14.1. The minimum atomic E-state index is -3.68. The second-order valence-corrected chi connectivity index (χ2v) is 9.27. The van der Waals surface area contributed by atoms with Crippen molar-refractivity contribution in [3.8, 4) is 0 Å². The number of sulfonamides is 1. The van der Waals surface area contributed by atoms with Gasteiger partial charge in [0.1, 0.15) is 4.21 Å². The Bertz CT molecular complexity index is 622. The van der Waals surface area contributed by atoms with Gasteiger partial charge in [-0.1, -0.05) is 13.8 Å². The number of nitrogens with two attached hydrogens (primary N) is 1. The van der Waals surface area contributed by atoms with Crippen LogP contribution in [0.3, 0.4) is 0 Å². The molecular weight excluding hydrogens is 316 g/mol. The van der Waals surface area contributed by atoms with Crippen molar-refractivity contribution in [2.45, 2.75) is 35.2 Å². The summed E-state index contributed by atoms with van der Waals surface area (Å²) in [5.74, 6) is 0.787. The van der Waals surface area contributed by atoms with Gasteiger partial charge in [-0.3, -0.25) is 4.79 Å². The molecule has 1 amide bonds. The first-order valence-corrected chi connectivity index (χ1v) is 9.66. The van der Waals surface area contributed by atoms with Crippen molar-refractivity contribution < 1.29 is 13.2 Å². The van der Waals surface area contributed by atoms with E-state index in [9.17, 15) is 13.2 Å². The number of thioether (sulfide) groups is 1. The molecule has 0 saturated carbocycles. The van der Waals surface area contributed by atoms with Crippen LogP contribution in [0.15, 0.2) is 14.5 Å². The molecule has 1 unspecified atom stereocenters. The lowest BCUT2D eigenvalue weighted by molar-refractivity contribution is -0.136. The molecule has 5 nitrogen and oxygen atoms in total. The van der Waals surface area contributed by atoms with E-state index in [1.807, 2.05) is 25.7 Å². The molecule has 1 aromatic heterocycles. The van der Waals surface area contributed by atoms with E-state index in [1.165, 1.54) is 11.3 Å². The van der Waals surface area contributed by atoms with Crippen molar-refractivity contribution in [3.05, 3.63) is 11.6 Å². The quantitative estimate of drug-likeness (QED) is 0.897. The van der Waals surface area contributed by atoms with E-state index >= 15 is 0 Å². The predicted molar refractivity (Wildman–Crippen MR) is 81.4 cm³/mol. The molecule has 8 heteroatoms. The summed E-state index contributed by atoms with van der Waals surface area (Å²) in [6, 6.07) is 1.49. The van der Waals surface area contributed by atoms with Gasteiger partial charge in [0, 0.05) is 23.8 Å². The van der Waals surface area contributed by atoms with Crippen LogP contribution in [-0.4, -0.2) is 31.5 Å². The van der Waals surface area contributed by atoms with Crippen LogP contribution in [0.25, 0.3) is 0 Å². The maximum atomic E-state index is 12.3. The lowest BCUT2D eigenvalue weighted by atomic mass is 10.1. The Morgan fingerprint density at radius 2 is 2.15 bits per heavy atom. The molecule has 2 rings (SSSR count). The fourth-order valence-corrected chi connectivity index (χ4v) is 5.65. The SMILES string of the molecule is CC(C)C(=O)N1CCSc2sc(S(N)(=O)=O)cc2C1C. The second-order valence-electron chi connectivity index (χ2n) is 5.06. The van der Waals surface area contributed by atoms with Crippen molar-refractivity contribution in [1.82, 2.24) is 4.90 Å². The number of hydrogen-bond acceptors (Lipinski definition) is 5. The van der Waals surface area contributed by atoms with Crippen molar-refractivity contribution in [3.63, 3.8) is 0 Å². The average Bonchev–Trinajstić information content (AvgIpc) is 2.71. The summed E-state index contributed by atoms with van der Waals surface area (Å²) in [4.78, 5) is 14.1. The van der Waals surface area contributed by atoms with Crippen LogP contribution in [0.1, 0.15) is 32.4 Å². The molecule has 20 heavy (non-hydrogen) atoms. The van der Waals surface area contributed by atoms with E-state index in [4.69, 9.17) is 5.14 Å². The summed E-state index contributed by atoms with van der Waals surface area (Å²) >= 11 is 2.78. The van der Waals surface area contributed by atoms with Crippen LogP contribution in [0.5, 0.6) is 0 Å². The normalized spacial score (nSPS) is 19.9. The van der Waals surface area contributed by atoms with E-state index in [2.05, 4.69) is 0 Å². The van der Waals surface area contributed by atoms with Gasteiger partial charge in [-0.05, 0) is 13.0 Å². The summed E-state index contributed by atoms with van der Waals surface area (Å²) < 4.78 is 24.0. The smallest absolute Gasteiger partial charge is 0.247 e. The molecule has 1 aliphatic heterocycles. The fourth-order valence-electron chi connectivity index (χ4n) is 2.14. The number of nitrogens with zero attached hydrogens (tertiary/aromatic N) is 1. The Labute approximate surface area is 127 Å². The van der Waals surface area contributed by atoms with Gasteiger partial charge < -0.3 is 4.90 Å². The van der Waals surface area contributed by atoms with Gasteiger partial charge in [-0.2, -0.15) is 0 Å². The highest BCUT2D eigenvalue weighted by Gasteiger charge is 2.30. The highest BCUT2D eigenvalue weighted by Crippen LogP contribution is 2.41. The number of rotatable bonds is 2. The third kappa shape index (κ3) is 3.03. The largest absolute Gasteiger partial charge is 0.335 e. The average molecular weight is 334 g/mol. The van der Waals surface area contributed by atoms with Crippen molar-refractivity contribution >= 4 is 39.0 Å². The molecule has 0 fully saturated rings. The van der Waals surface area contributed by atoms with Gasteiger partial charge in [0.15, 0.2) is 0 Å². The maximum Gasteiger partial charge on any atom is 0.247 e. The molecule has 1 aliphatic rings. The Hall–Kier alpha value is -0.570. The molecule has 1 atom stereocenters. The molecule has 0 aliphatic carbocycles. The summed E-state index contributed by atoms with van der Waals surface area (Å²) in [6.45, 7) is 6.36. The Kier molecular flexibility index (Phi) is 4.48. The van der Waals surface area contributed by atoms with Crippen molar-refractivity contribution in [2.75, 3.05) is 12.3 Å². The minimum Gasteiger partial charge on any atom is -0.335 e. The Balaban J connectivity index is 2.41. The molecule has 0 spiro atoms. The topological polar surface area (TPSA) is 80.5 Å². The van der Waals surface area contributed by atoms with Gasteiger partial charge in [-0.25, -0.2) is 13.6 Å². The second kappa shape index (κ2) is 5.67. The fraction of sp³-hybridized carbons (Fsp3) is 0.583. The first kappa shape index (κ1) is 15.8. The molecule has 0 radical (unpaired) electrons. The summed E-state index contributed by atoms with van der Waals surface area (Å²) in [5.41, 5.74) is 0.885. The van der Waals surface area contributed by atoms with E-state index in [0.29, 0.717) is 6.54 Å². The number of amides is 1.